The Morgan fingerprint density at radius 3 is 2.61 bits per heavy atom. The lowest BCUT2D eigenvalue weighted by Crippen LogP contribution is -2.39. The molecule has 0 fully saturated rings. The largest absolute Gasteiger partial charge is 0.469 e. The highest BCUT2D eigenvalue weighted by Gasteiger charge is 1.99. The van der Waals surface area contributed by atoms with E-state index in [-0.39, 0.29) is 5.97 Å². The van der Waals surface area contributed by atoms with E-state index in [9.17, 15) is 4.79 Å². The Labute approximate surface area is 109 Å². The average molecular weight is 259 g/mol. The molecule has 0 aliphatic rings. The number of methoxy groups -OCH3 is 2. The maximum atomic E-state index is 10.9. The Morgan fingerprint density at radius 2 is 2.00 bits per heavy atom. The Bertz CT molecular complexity index is 245. The summed E-state index contributed by atoms with van der Waals surface area (Å²) in [6.07, 6.45) is 2.13. The van der Waals surface area contributed by atoms with E-state index in [1.54, 1.807) is 7.11 Å². The van der Waals surface area contributed by atoms with E-state index in [0.29, 0.717) is 19.6 Å². The molecule has 18 heavy (non-hydrogen) atoms. The number of carbonyl (C=O) groups excluding carboxylic acids is 1. The van der Waals surface area contributed by atoms with Gasteiger partial charge in [-0.15, -0.1) is 0 Å². The number of hydrogen-bond donors (Lipinski definition) is 2. The van der Waals surface area contributed by atoms with Crippen LogP contribution >= 0.6 is 0 Å². The van der Waals surface area contributed by atoms with Crippen LogP contribution in [0.3, 0.4) is 0 Å². The second-order valence-electron chi connectivity index (χ2n) is 3.71. The summed E-state index contributed by atoms with van der Waals surface area (Å²) in [5.41, 5.74) is 0. The highest BCUT2D eigenvalue weighted by Crippen LogP contribution is 1.97. The minimum absolute atomic E-state index is 0.163. The lowest BCUT2D eigenvalue weighted by atomic mass is 10.2. The zero-order chi connectivity index (χ0) is 13.6. The van der Waals surface area contributed by atoms with Crippen molar-refractivity contribution in [2.45, 2.75) is 26.2 Å². The predicted octanol–water partition coefficient (Wildman–Crippen LogP) is 0.531. The van der Waals surface area contributed by atoms with Crippen molar-refractivity contribution < 1.29 is 14.3 Å². The molecule has 0 saturated heterocycles. The summed E-state index contributed by atoms with van der Waals surface area (Å²) in [4.78, 5) is 15.3. The lowest BCUT2D eigenvalue weighted by Gasteiger charge is -2.10. The SMILES string of the molecule is CCNC(=NCCCCC(=O)OC)NCCOC. The van der Waals surface area contributed by atoms with E-state index in [1.807, 2.05) is 6.92 Å². The third-order valence-corrected chi connectivity index (χ3v) is 2.23. The van der Waals surface area contributed by atoms with Crippen LogP contribution in [0.4, 0.5) is 0 Å². The predicted molar refractivity (Wildman–Crippen MR) is 71.7 cm³/mol. The fourth-order valence-electron chi connectivity index (χ4n) is 1.29. The van der Waals surface area contributed by atoms with Gasteiger partial charge in [-0.25, -0.2) is 0 Å². The Hall–Kier alpha value is -1.30. The molecule has 6 heteroatoms. The summed E-state index contributed by atoms with van der Waals surface area (Å²) < 4.78 is 9.52. The first-order valence-electron chi connectivity index (χ1n) is 6.32. The van der Waals surface area contributed by atoms with E-state index in [4.69, 9.17) is 4.74 Å². The number of ether oxygens (including phenoxy) is 2. The van der Waals surface area contributed by atoms with Crippen LogP contribution in [0.25, 0.3) is 0 Å². The van der Waals surface area contributed by atoms with Gasteiger partial charge < -0.3 is 20.1 Å². The number of aliphatic imine (C=N–C) groups is 1. The quantitative estimate of drug-likeness (QED) is 0.273. The van der Waals surface area contributed by atoms with Crippen molar-refractivity contribution in [3.63, 3.8) is 0 Å². The molecule has 0 spiro atoms. The molecule has 0 aromatic rings. The molecule has 0 atom stereocenters. The first-order chi connectivity index (χ1) is 8.74. The van der Waals surface area contributed by atoms with Crippen molar-refractivity contribution in [2.24, 2.45) is 4.99 Å². The van der Waals surface area contributed by atoms with Gasteiger partial charge in [0.15, 0.2) is 5.96 Å². The number of carbonyl (C=O) groups is 1. The van der Waals surface area contributed by atoms with E-state index in [0.717, 1.165) is 31.9 Å². The molecule has 0 aliphatic heterocycles. The van der Waals surface area contributed by atoms with Gasteiger partial charge in [0.05, 0.1) is 13.7 Å². The van der Waals surface area contributed by atoms with Crippen LogP contribution in [-0.4, -0.2) is 52.4 Å². The summed E-state index contributed by atoms with van der Waals surface area (Å²) in [7, 11) is 3.07. The Balaban J connectivity index is 3.74. The number of hydrogen-bond acceptors (Lipinski definition) is 4. The average Bonchev–Trinajstić information content (AvgIpc) is 2.38. The van der Waals surface area contributed by atoms with Gasteiger partial charge in [-0.3, -0.25) is 9.79 Å². The van der Waals surface area contributed by atoms with Crippen molar-refractivity contribution in [3.8, 4) is 0 Å². The van der Waals surface area contributed by atoms with Crippen molar-refractivity contribution in [2.75, 3.05) is 40.5 Å². The first kappa shape index (κ1) is 16.7. The Kier molecular flexibility index (Phi) is 11.3. The summed E-state index contributed by atoms with van der Waals surface area (Å²) >= 11 is 0. The molecule has 0 radical (unpaired) electrons. The monoisotopic (exact) mass is 259 g/mol. The second kappa shape index (κ2) is 12.2. The molecule has 0 aromatic heterocycles. The van der Waals surface area contributed by atoms with Crippen LogP contribution in [0.5, 0.6) is 0 Å². The van der Waals surface area contributed by atoms with Crippen molar-refractivity contribution >= 4 is 11.9 Å². The molecule has 0 unspecified atom stereocenters. The highest BCUT2D eigenvalue weighted by atomic mass is 16.5. The molecule has 106 valence electrons. The molecular weight excluding hydrogens is 234 g/mol. The summed E-state index contributed by atoms with van der Waals surface area (Å²) in [5.74, 6) is 0.622. The van der Waals surface area contributed by atoms with Crippen LogP contribution in [0.15, 0.2) is 4.99 Å². The number of guanidine groups is 1. The molecule has 0 heterocycles. The lowest BCUT2D eigenvalue weighted by molar-refractivity contribution is -0.140. The highest BCUT2D eigenvalue weighted by molar-refractivity contribution is 5.79. The van der Waals surface area contributed by atoms with Crippen LogP contribution in [0.1, 0.15) is 26.2 Å². The van der Waals surface area contributed by atoms with Gasteiger partial charge in [0, 0.05) is 33.2 Å². The van der Waals surface area contributed by atoms with Crippen molar-refractivity contribution in [1.29, 1.82) is 0 Å². The summed E-state index contributed by atoms with van der Waals surface area (Å²) in [6.45, 7) is 4.91. The van der Waals surface area contributed by atoms with Gasteiger partial charge >= 0.3 is 5.97 Å². The third-order valence-electron chi connectivity index (χ3n) is 2.23. The molecule has 6 nitrogen and oxygen atoms in total. The van der Waals surface area contributed by atoms with E-state index in [1.165, 1.54) is 7.11 Å². The summed E-state index contributed by atoms with van der Waals surface area (Å²) in [6, 6.07) is 0. The van der Waals surface area contributed by atoms with Gasteiger partial charge in [0.25, 0.3) is 0 Å². The first-order valence-corrected chi connectivity index (χ1v) is 6.32. The number of nitrogens with one attached hydrogen (secondary N) is 2. The topological polar surface area (TPSA) is 72.0 Å². The number of unbranched alkanes of at least 4 members (excludes halogenated alkanes) is 1. The van der Waals surface area contributed by atoms with Crippen molar-refractivity contribution in [3.05, 3.63) is 0 Å². The summed E-state index contributed by atoms with van der Waals surface area (Å²) in [5, 5.41) is 6.30. The number of nitrogens with zero attached hydrogens (tertiary/aromatic N) is 1. The van der Waals surface area contributed by atoms with Crippen LogP contribution in [-0.2, 0) is 14.3 Å². The molecule has 0 aromatic carbocycles. The van der Waals surface area contributed by atoms with Crippen LogP contribution in [0, 0.1) is 0 Å². The molecule has 0 aliphatic carbocycles. The normalized spacial score (nSPS) is 11.2. The molecule has 2 N–H and O–H groups in total. The van der Waals surface area contributed by atoms with Crippen LogP contribution in [0.2, 0.25) is 0 Å². The Morgan fingerprint density at radius 1 is 1.22 bits per heavy atom. The van der Waals surface area contributed by atoms with Crippen LogP contribution < -0.4 is 10.6 Å². The second-order valence-corrected chi connectivity index (χ2v) is 3.71. The van der Waals surface area contributed by atoms with Gasteiger partial charge in [0.2, 0.25) is 0 Å². The fraction of sp³-hybridized carbons (Fsp3) is 0.833. The molecule has 0 amide bonds. The molecular formula is C12H25N3O3. The van der Waals surface area contributed by atoms with Gasteiger partial charge in [-0.1, -0.05) is 0 Å². The molecule has 0 bridgehead atoms. The fourth-order valence-corrected chi connectivity index (χ4v) is 1.29. The molecule has 0 rings (SSSR count). The van der Waals surface area contributed by atoms with Gasteiger partial charge in [-0.2, -0.15) is 0 Å². The molecule has 0 saturated carbocycles. The maximum Gasteiger partial charge on any atom is 0.305 e. The number of rotatable bonds is 9. The van der Waals surface area contributed by atoms with Gasteiger partial charge in [-0.05, 0) is 19.8 Å². The maximum absolute atomic E-state index is 10.9. The smallest absolute Gasteiger partial charge is 0.305 e. The van der Waals surface area contributed by atoms with E-state index >= 15 is 0 Å². The zero-order valence-corrected chi connectivity index (χ0v) is 11.6. The van der Waals surface area contributed by atoms with Crippen molar-refractivity contribution in [1.82, 2.24) is 10.6 Å². The zero-order valence-electron chi connectivity index (χ0n) is 11.6. The minimum atomic E-state index is -0.163. The minimum Gasteiger partial charge on any atom is -0.469 e. The number of esters is 1. The van der Waals surface area contributed by atoms with E-state index < -0.39 is 0 Å². The third kappa shape index (κ3) is 9.89. The van der Waals surface area contributed by atoms with E-state index in [2.05, 4.69) is 20.4 Å². The van der Waals surface area contributed by atoms with Gasteiger partial charge in [0.1, 0.15) is 0 Å². The standard InChI is InChI=1S/C12H25N3O3/c1-4-13-12(15-9-10-17-2)14-8-6-5-7-11(16)18-3/h4-10H2,1-3H3,(H2,13,14,15).